The summed E-state index contributed by atoms with van der Waals surface area (Å²) < 4.78 is 0. The molecule has 3 nitrogen and oxygen atoms in total. The molecule has 0 spiro atoms. The second kappa shape index (κ2) is 8.74. The SMILES string of the molecule is CCc1ccc(C(=O)N2c3ccccc3[C@H](Nc3ccccc3)[C@@H](C)[C@H]2CC)cc1. The van der Waals surface area contributed by atoms with E-state index in [-0.39, 0.29) is 23.9 Å². The minimum Gasteiger partial charge on any atom is -0.378 e. The third-order valence-electron chi connectivity index (χ3n) is 6.34. The van der Waals surface area contributed by atoms with Crippen molar-refractivity contribution in [2.45, 2.75) is 45.7 Å². The fraction of sp³-hybridized carbons (Fsp3) is 0.296. The zero-order valence-electron chi connectivity index (χ0n) is 18.0. The summed E-state index contributed by atoms with van der Waals surface area (Å²) in [6.07, 6.45) is 1.88. The molecule has 1 N–H and O–H groups in total. The summed E-state index contributed by atoms with van der Waals surface area (Å²) in [5, 5.41) is 3.73. The lowest BCUT2D eigenvalue weighted by Crippen LogP contribution is -2.50. The van der Waals surface area contributed by atoms with Crippen LogP contribution in [0.25, 0.3) is 0 Å². The van der Waals surface area contributed by atoms with Crippen LogP contribution in [0.3, 0.4) is 0 Å². The van der Waals surface area contributed by atoms with E-state index < -0.39 is 0 Å². The zero-order chi connectivity index (χ0) is 21.1. The Bertz CT molecular complexity index is 997. The standard InChI is InChI=1S/C27H30N2O/c1-4-20-15-17-21(18-16-20)27(30)29-24(5-2)19(3)26(23-13-9-10-14-25(23)29)28-22-11-7-6-8-12-22/h6-19,24,26,28H,4-5H2,1-3H3/t19-,24+,26+/m0/s1. The number of carbonyl (C=O) groups is 1. The molecule has 0 bridgehead atoms. The Hall–Kier alpha value is -3.07. The molecule has 0 saturated heterocycles. The first-order chi connectivity index (χ1) is 14.6. The minimum atomic E-state index is 0.0852. The van der Waals surface area contributed by atoms with Crippen LogP contribution >= 0.6 is 0 Å². The molecule has 0 saturated carbocycles. The van der Waals surface area contributed by atoms with Crippen LogP contribution in [0.15, 0.2) is 78.9 Å². The van der Waals surface area contributed by atoms with Crippen LogP contribution in [-0.4, -0.2) is 11.9 Å². The van der Waals surface area contributed by atoms with Crippen molar-refractivity contribution in [1.29, 1.82) is 0 Å². The molecule has 3 aromatic rings. The number of benzene rings is 3. The van der Waals surface area contributed by atoms with Crippen LogP contribution in [-0.2, 0) is 6.42 Å². The number of anilines is 2. The molecular formula is C27H30N2O. The van der Waals surface area contributed by atoms with E-state index in [9.17, 15) is 4.79 Å². The van der Waals surface area contributed by atoms with E-state index in [1.54, 1.807) is 0 Å². The lowest BCUT2D eigenvalue weighted by molar-refractivity contribution is 0.0960. The number of nitrogens with zero attached hydrogens (tertiary/aromatic N) is 1. The van der Waals surface area contributed by atoms with E-state index in [1.165, 1.54) is 11.1 Å². The first kappa shape index (κ1) is 20.2. The molecule has 1 aliphatic rings. The van der Waals surface area contributed by atoms with Gasteiger partial charge in [-0.3, -0.25) is 4.79 Å². The normalized spacial score (nSPS) is 20.5. The van der Waals surface area contributed by atoms with E-state index in [4.69, 9.17) is 0 Å². The van der Waals surface area contributed by atoms with Crippen molar-refractivity contribution in [1.82, 2.24) is 0 Å². The monoisotopic (exact) mass is 398 g/mol. The van der Waals surface area contributed by atoms with Gasteiger partial charge >= 0.3 is 0 Å². The van der Waals surface area contributed by atoms with Crippen LogP contribution in [0, 0.1) is 5.92 Å². The number of aryl methyl sites for hydroxylation is 1. The predicted octanol–water partition coefficient (Wildman–Crippen LogP) is 6.48. The Balaban J connectivity index is 1.74. The number of amides is 1. The first-order valence-electron chi connectivity index (χ1n) is 11.0. The number of para-hydroxylation sites is 2. The lowest BCUT2D eigenvalue weighted by atomic mass is 9.80. The molecule has 1 amide bonds. The molecule has 30 heavy (non-hydrogen) atoms. The van der Waals surface area contributed by atoms with Gasteiger partial charge in [0.15, 0.2) is 0 Å². The highest BCUT2D eigenvalue weighted by atomic mass is 16.2. The molecule has 4 rings (SSSR count). The van der Waals surface area contributed by atoms with Gasteiger partial charge in [-0.2, -0.15) is 0 Å². The summed E-state index contributed by atoms with van der Waals surface area (Å²) in [4.78, 5) is 15.7. The van der Waals surface area contributed by atoms with Gasteiger partial charge in [-0.25, -0.2) is 0 Å². The summed E-state index contributed by atoms with van der Waals surface area (Å²) in [6, 6.07) is 27.0. The number of carbonyl (C=O) groups excluding carboxylic acids is 1. The number of hydrogen-bond donors (Lipinski definition) is 1. The highest BCUT2D eigenvalue weighted by molar-refractivity contribution is 6.07. The number of hydrogen-bond acceptors (Lipinski definition) is 2. The molecule has 3 heteroatoms. The summed E-state index contributed by atoms with van der Waals surface area (Å²) in [5.41, 5.74) is 5.30. The maximum Gasteiger partial charge on any atom is 0.258 e. The molecule has 0 aromatic heterocycles. The Morgan fingerprint density at radius 3 is 2.23 bits per heavy atom. The Labute approximate surface area is 179 Å². The van der Waals surface area contributed by atoms with Gasteiger partial charge in [-0.15, -0.1) is 0 Å². The van der Waals surface area contributed by atoms with Crippen molar-refractivity contribution in [2.24, 2.45) is 5.92 Å². The highest BCUT2D eigenvalue weighted by Crippen LogP contribution is 2.43. The average molecular weight is 399 g/mol. The van der Waals surface area contributed by atoms with Crippen molar-refractivity contribution in [3.63, 3.8) is 0 Å². The fourth-order valence-corrected chi connectivity index (χ4v) is 4.65. The van der Waals surface area contributed by atoms with Crippen LogP contribution in [0.1, 0.15) is 54.7 Å². The van der Waals surface area contributed by atoms with Gasteiger partial charge in [0.05, 0.1) is 6.04 Å². The van der Waals surface area contributed by atoms with Gasteiger partial charge in [-0.1, -0.05) is 69.3 Å². The van der Waals surface area contributed by atoms with Gasteiger partial charge in [0, 0.05) is 28.9 Å². The Kier molecular flexibility index (Phi) is 5.89. The molecule has 3 aromatic carbocycles. The van der Waals surface area contributed by atoms with Crippen molar-refractivity contribution in [3.8, 4) is 0 Å². The highest BCUT2D eigenvalue weighted by Gasteiger charge is 2.40. The summed E-state index contributed by atoms with van der Waals surface area (Å²) in [5.74, 6) is 0.353. The number of fused-ring (bicyclic) bond motifs is 1. The third kappa shape index (κ3) is 3.72. The quantitative estimate of drug-likeness (QED) is 0.534. The van der Waals surface area contributed by atoms with Crippen LogP contribution < -0.4 is 10.2 Å². The molecule has 154 valence electrons. The van der Waals surface area contributed by atoms with E-state index in [1.807, 2.05) is 29.2 Å². The van der Waals surface area contributed by atoms with Crippen LogP contribution in [0.2, 0.25) is 0 Å². The van der Waals surface area contributed by atoms with Gasteiger partial charge < -0.3 is 10.2 Å². The van der Waals surface area contributed by atoms with Gasteiger partial charge in [0.1, 0.15) is 0 Å². The third-order valence-corrected chi connectivity index (χ3v) is 6.34. The molecule has 0 unspecified atom stereocenters. The van der Waals surface area contributed by atoms with Crippen molar-refractivity contribution < 1.29 is 4.79 Å². The summed E-state index contributed by atoms with van der Waals surface area (Å²) in [6.45, 7) is 6.56. The Morgan fingerprint density at radius 2 is 1.57 bits per heavy atom. The molecule has 0 fully saturated rings. The van der Waals surface area contributed by atoms with E-state index >= 15 is 0 Å². The van der Waals surface area contributed by atoms with Crippen molar-refractivity contribution >= 4 is 17.3 Å². The van der Waals surface area contributed by atoms with Crippen molar-refractivity contribution in [2.75, 3.05) is 10.2 Å². The van der Waals surface area contributed by atoms with Crippen LogP contribution in [0.4, 0.5) is 11.4 Å². The van der Waals surface area contributed by atoms with E-state index in [0.29, 0.717) is 0 Å². The minimum absolute atomic E-state index is 0.0852. The second-order valence-electron chi connectivity index (χ2n) is 8.11. The maximum atomic E-state index is 13.6. The van der Waals surface area contributed by atoms with Gasteiger partial charge in [0.25, 0.3) is 5.91 Å². The van der Waals surface area contributed by atoms with Crippen LogP contribution in [0.5, 0.6) is 0 Å². The largest absolute Gasteiger partial charge is 0.378 e. The average Bonchev–Trinajstić information content (AvgIpc) is 2.80. The smallest absolute Gasteiger partial charge is 0.258 e. The predicted molar refractivity (Wildman–Crippen MR) is 125 cm³/mol. The molecular weight excluding hydrogens is 368 g/mol. The molecule has 1 heterocycles. The number of nitrogens with one attached hydrogen (secondary N) is 1. The van der Waals surface area contributed by atoms with E-state index in [0.717, 1.165) is 29.8 Å². The van der Waals surface area contributed by atoms with Gasteiger partial charge in [-0.05, 0) is 54.3 Å². The van der Waals surface area contributed by atoms with Crippen molar-refractivity contribution in [3.05, 3.63) is 95.6 Å². The summed E-state index contributed by atoms with van der Waals surface area (Å²) >= 11 is 0. The van der Waals surface area contributed by atoms with E-state index in [2.05, 4.69) is 80.7 Å². The second-order valence-corrected chi connectivity index (χ2v) is 8.11. The molecule has 0 aliphatic carbocycles. The van der Waals surface area contributed by atoms with Gasteiger partial charge in [0.2, 0.25) is 0 Å². The lowest BCUT2D eigenvalue weighted by Gasteiger charge is -2.45. The summed E-state index contributed by atoms with van der Waals surface area (Å²) in [7, 11) is 0. The fourth-order valence-electron chi connectivity index (χ4n) is 4.65. The maximum absolute atomic E-state index is 13.6. The first-order valence-corrected chi connectivity index (χ1v) is 11.0. The molecule has 0 radical (unpaired) electrons. The zero-order valence-corrected chi connectivity index (χ0v) is 18.0. The molecule has 1 aliphatic heterocycles. The molecule has 3 atom stereocenters. The Morgan fingerprint density at radius 1 is 0.900 bits per heavy atom. The number of rotatable bonds is 5. The topological polar surface area (TPSA) is 32.3 Å².